The molecule has 0 radical (unpaired) electrons. The Hall–Kier alpha value is -2.38. The number of aliphatic hydroxyl groups is 1. The Bertz CT molecular complexity index is 828. The van der Waals surface area contributed by atoms with E-state index in [-0.39, 0.29) is 31.3 Å². The molecule has 2 fully saturated rings. The van der Waals surface area contributed by atoms with Crippen molar-refractivity contribution in [2.24, 2.45) is 11.8 Å². The molecular weight excluding hydrogens is 455 g/mol. The molecule has 1 saturated carbocycles. The van der Waals surface area contributed by atoms with Crippen LogP contribution in [0.4, 0.5) is 20.8 Å². The number of thioether (sulfide) groups is 1. The van der Waals surface area contributed by atoms with Crippen LogP contribution in [0.5, 0.6) is 0 Å². The lowest BCUT2D eigenvalue weighted by atomic mass is 9.92. The summed E-state index contributed by atoms with van der Waals surface area (Å²) in [6.45, 7) is 0.778. The number of hydrogen-bond donors (Lipinski definition) is 5. The molecule has 2 aliphatic rings. The Labute approximate surface area is 195 Å². The predicted molar refractivity (Wildman–Crippen MR) is 121 cm³/mol. The lowest BCUT2D eigenvalue weighted by Crippen LogP contribution is -2.45. The third-order valence-corrected chi connectivity index (χ3v) is 6.45. The third kappa shape index (κ3) is 7.05. The summed E-state index contributed by atoms with van der Waals surface area (Å²) in [6.07, 6.45) is 4.90. The quantitative estimate of drug-likeness (QED) is 0.187. The van der Waals surface area contributed by atoms with Gasteiger partial charge in [-0.25, -0.2) is 14.8 Å². The van der Waals surface area contributed by atoms with E-state index in [1.807, 2.05) is 0 Å². The van der Waals surface area contributed by atoms with Crippen molar-refractivity contribution < 1.29 is 28.9 Å². The summed E-state index contributed by atoms with van der Waals surface area (Å²) in [5, 5.41) is 20.9. The van der Waals surface area contributed by atoms with Crippen LogP contribution in [0.15, 0.2) is 5.16 Å². The van der Waals surface area contributed by atoms with Crippen LogP contribution in [0.2, 0.25) is 0 Å². The summed E-state index contributed by atoms with van der Waals surface area (Å²) in [7, 11) is 0. The molecule has 184 valence electrons. The van der Waals surface area contributed by atoms with Gasteiger partial charge in [0, 0.05) is 19.6 Å². The van der Waals surface area contributed by atoms with Gasteiger partial charge in [-0.1, -0.05) is 37.4 Å². The molecule has 11 nitrogen and oxygen atoms in total. The van der Waals surface area contributed by atoms with E-state index in [2.05, 4.69) is 26.1 Å². The predicted octanol–water partition coefficient (Wildman–Crippen LogP) is 1.44. The van der Waals surface area contributed by atoms with E-state index < -0.39 is 29.8 Å². The van der Waals surface area contributed by atoms with Crippen LogP contribution >= 0.6 is 11.8 Å². The van der Waals surface area contributed by atoms with Crippen LogP contribution in [-0.4, -0.2) is 77.4 Å². The summed E-state index contributed by atoms with van der Waals surface area (Å²) in [6, 6.07) is 0. The number of aliphatic hydroxyl groups excluding tert-OH is 1. The minimum absolute atomic E-state index is 0.0246. The van der Waals surface area contributed by atoms with Gasteiger partial charge in [0.25, 0.3) is 0 Å². The van der Waals surface area contributed by atoms with Crippen LogP contribution in [0.25, 0.3) is 0 Å². The second-order valence-electron chi connectivity index (χ2n) is 8.20. The Kier molecular flexibility index (Phi) is 9.32. The highest BCUT2D eigenvalue weighted by Gasteiger charge is 2.28. The molecule has 0 aromatic carbocycles. The fourth-order valence-corrected chi connectivity index (χ4v) is 4.55. The number of ether oxygens (including phenoxy) is 1. The SMILES string of the molecule is CSc1nc(NNC(=O)[C@@H](CNC(=O)O)CC2CCCC2)c(F)c(N2CCOC(CO)C2)n1. The maximum Gasteiger partial charge on any atom is 0.404 e. The van der Waals surface area contributed by atoms with Crippen LogP contribution in [0.1, 0.15) is 32.1 Å². The number of nitrogens with zero attached hydrogens (tertiary/aromatic N) is 3. The summed E-state index contributed by atoms with van der Waals surface area (Å²) in [4.78, 5) is 33.8. The molecule has 0 bridgehead atoms. The van der Waals surface area contributed by atoms with Crippen LogP contribution in [-0.2, 0) is 9.53 Å². The minimum Gasteiger partial charge on any atom is -0.465 e. The fraction of sp³-hybridized carbons (Fsp3) is 0.700. The molecule has 2 atom stereocenters. The first-order valence-corrected chi connectivity index (χ1v) is 12.2. The summed E-state index contributed by atoms with van der Waals surface area (Å²) in [5.41, 5.74) is 5.06. The van der Waals surface area contributed by atoms with Crippen molar-refractivity contribution in [2.45, 2.75) is 43.4 Å². The van der Waals surface area contributed by atoms with Gasteiger partial charge in [0.2, 0.25) is 11.7 Å². The number of nitrogens with one attached hydrogen (secondary N) is 3. The average Bonchev–Trinajstić information content (AvgIpc) is 3.34. The number of morpholine rings is 1. The highest BCUT2D eigenvalue weighted by Crippen LogP contribution is 2.31. The molecule has 2 heterocycles. The molecule has 33 heavy (non-hydrogen) atoms. The zero-order valence-corrected chi connectivity index (χ0v) is 19.4. The maximum atomic E-state index is 15.3. The number of carboxylic acid groups (broad SMARTS) is 1. The standard InChI is InChI=1S/C20H31FN6O5S/c1-33-19-23-16(15(21)17(24-19)27-6-7-32-14(10-27)11-28)25-26-18(29)13(9-22-20(30)31)8-12-4-2-3-5-12/h12-14,22,28H,2-11H2,1H3,(H,26,29)(H,30,31)(H,23,24,25)/t13-,14?/m1/s1. The third-order valence-electron chi connectivity index (χ3n) is 5.90. The van der Waals surface area contributed by atoms with E-state index in [9.17, 15) is 14.7 Å². The van der Waals surface area contributed by atoms with E-state index in [0.717, 1.165) is 25.7 Å². The molecule has 1 aliphatic carbocycles. The number of halogens is 1. The molecule has 1 aromatic rings. The van der Waals surface area contributed by atoms with Gasteiger partial charge in [0.1, 0.15) is 0 Å². The van der Waals surface area contributed by atoms with Crippen molar-refractivity contribution >= 4 is 35.4 Å². The van der Waals surface area contributed by atoms with Crippen LogP contribution in [0, 0.1) is 17.7 Å². The number of carbonyl (C=O) groups is 2. The monoisotopic (exact) mass is 486 g/mol. The zero-order chi connectivity index (χ0) is 23.8. The number of hydrogen-bond acceptors (Lipinski definition) is 9. The van der Waals surface area contributed by atoms with Gasteiger partial charge in [-0.05, 0) is 18.6 Å². The highest BCUT2D eigenvalue weighted by atomic mass is 32.2. The normalized spacial score (nSPS) is 19.8. The first kappa shape index (κ1) is 25.2. The number of anilines is 2. The zero-order valence-electron chi connectivity index (χ0n) is 18.6. The van der Waals surface area contributed by atoms with Crippen LogP contribution in [0.3, 0.4) is 0 Å². The Balaban J connectivity index is 1.71. The van der Waals surface area contributed by atoms with Crippen LogP contribution < -0.4 is 21.1 Å². The second-order valence-corrected chi connectivity index (χ2v) is 8.97. The fourth-order valence-electron chi connectivity index (χ4n) is 4.19. The molecule has 0 spiro atoms. The van der Waals surface area contributed by atoms with Gasteiger partial charge in [-0.2, -0.15) is 4.39 Å². The Morgan fingerprint density at radius 3 is 2.76 bits per heavy atom. The molecule has 1 saturated heterocycles. The van der Waals surface area contributed by atoms with Crippen molar-refractivity contribution in [1.29, 1.82) is 0 Å². The summed E-state index contributed by atoms with van der Waals surface area (Å²) >= 11 is 1.23. The summed E-state index contributed by atoms with van der Waals surface area (Å²) in [5.74, 6) is -1.53. The van der Waals surface area contributed by atoms with E-state index in [0.29, 0.717) is 30.6 Å². The van der Waals surface area contributed by atoms with Crippen molar-refractivity contribution in [1.82, 2.24) is 20.7 Å². The summed E-state index contributed by atoms with van der Waals surface area (Å²) < 4.78 is 20.7. The van der Waals surface area contributed by atoms with Gasteiger partial charge in [-0.15, -0.1) is 0 Å². The molecule has 5 N–H and O–H groups in total. The highest BCUT2D eigenvalue weighted by molar-refractivity contribution is 7.98. The topological polar surface area (TPSA) is 149 Å². The lowest BCUT2D eigenvalue weighted by Gasteiger charge is -2.33. The van der Waals surface area contributed by atoms with Gasteiger partial charge in [0.05, 0.1) is 25.2 Å². The van der Waals surface area contributed by atoms with Gasteiger partial charge >= 0.3 is 6.09 Å². The second kappa shape index (κ2) is 12.2. The molecule has 2 amide bonds. The Morgan fingerprint density at radius 2 is 2.09 bits per heavy atom. The molecule has 3 rings (SSSR count). The largest absolute Gasteiger partial charge is 0.465 e. The number of hydrazine groups is 1. The number of carbonyl (C=O) groups excluding carboxylic acids is 1. The number of amides is 2. The smallest absolute Gasteiger partial charge is 0.404 e. The maximum absolute atomic E-state index is 15.3. The number of rotatable bonds is 10. The molecule has 1 aliphatic heterocycles. The average molecular weight is 487 g/mol. The molecular formula is C20H31FN6O5S. The first-order chi connectivity index (χ1) is 15.9. The van der Waals surface area contributed by atoms with E-state index >= 15 is 4.39 Å². The molecule has 1 unspecified atom stereocenters. The van der Waals surface area contributed by atoms with Gasteiger partial charge in [-0.3, -0.25) is 15.6 Å². The first-order valence-electron chi connectivity index (χ1n) is 11.0. The van der Waals surface area contributed by atoms with E-state index in [1.54, 1.807) is 11.2 Å². The molecule has 1 aromatic heterocycles. The van der Waals surface area contributed by atoms with Crippen molar-refractivity contribution in [3.05, 3.63) is 5.82 Å². The van der Waals surface area contributed by atoms with Crippen molar-refractivity contribution in [3.8, 4) is 0 Å². The Morgan fingerprint density at radius 1 is 1.33 bits per heavy atom. The van der Waals surface area contributed by atoms with Crippen molar-refractivity contribution in [2.75, 3.05) is 49.4 Å². The van der Waals surface area contributed by atoms with E-state index in [1.165, 1.54) is 11.8 Å². The van der Waals surface area contributed by atoms with Crippen molar-refractivity contribution in [3.63, 3.8) is 0 Å². The molecule has 13 heteroatoms. The minimum atomic E-state index is -1.20. The number of aromatic nitrogens is 2. The van der Waals surface area contributed by atoms with E-state index in [4.69, 9.17) is 9.84 Å². The van der Waals surface area contributed by atoms with Gasteiger partial charge in [0.15, 0.2) is 16.8 Å². The van der Waals surface area contributed by atoms with Gasteiger partial charge < -0.3 is 25.2 Å². The lowest BCUT2D eigenvalue weighted by molar-refractivity contribution is -0.124.